The van der Waals surface area contributed by atoms with Crippen LogP contribution in [0.3, 0.4) is 0 Å². The van der Waals surface area contributed by atoms with Crippen molar-refractivity contribution in [2.45, 2.75) is 6.92 Å². The molecule has 1 aromatic rings. The normalized spacial score (nSPS) is 10.6. The number of nitrogen functional groups attached to an aromatic ring is 1. The molecule has 0 fully saturated rings. The highest BCUT2D eigenvalue weighted by atomic mass is 16.6. The average Bonchev–Trinajstić information content (AvgIpc) is 2.18. The summed E-state index contributed by atoms with van der Waals surface area (Å²) in [7, 11) is 0. The van der Waals surface area contributed by atoms with Crippen molar-refractivity contribution >= 4 is 23.4 Å². The summed E-state index contributed by atoms with van der Waals surface area (Å²) in [6, 6.07) is 2.93. The molecule has 0 heterocycles. The van der Waals surface area contributed by atoms with E-state index in [-0.39, 0.29) is 11.4 Å². The Morgan fingerprint density at radius 3 is 2.69 bits per heavy atom. The third-order valence-electron chi connectivity index (χ3n) is 1.94. The average molecular weight is 222 g/mol. The molecule has 6 nitrogen and oxygen atoms in total. The van der Waals surface area contributed by atoms with Gasteiger partial charge in [0.2, 0.25) is 0 Å². The van der Waals surface area contributed by atoms with Gasteiger partial charge in [-0.05, 0) is 24.6 Å². The molecule has 0 unspecified atom stereocenters. The fraction of sp³-hybridized carbons (Fsp3) is 0.100. The molecule has 16 heavy (non-hydrogen) atoms. The van der Waals surface area contributed by atoms with Crippen molar-refractivity contribution in [2.75, 3.05) is 5.73 Å². The highest BCUT2D eigenvalue weighted by molar-refractivity contribution is 5.87. The Kier molecular flexibility index (Phi) is 3.24. The van der Waals surface area contributed by atoms with E-state index in [4.69, 9.17) is 10.8 Å². The monoisotopic (exact) mass is 222 g/mol. The Morgan fingerprint density at radius 2 is 2.19 bits per heavy atom. The first-order chi connectivity index (χ1) is 7.41. The number of hydrogen-bond donors (Lipinski definition) is 2. The zero-order chi connectivity index (χ0) is 12.3. The lowest BCUT2D eigenvalue weighted by atomic mass is 10.1. The summed E-state index contributed by atoms with van der Waals surface area (Å²) in [6.07, 6.45) is 2.12. The van der Waals surface area contributed by atoms with Crippen molar-refractivity contribution in [1.82, 2.24) is 0 Å². The van der Waals surface area contributed by atoms with E-state index in [1.54, 1.807) is 13.0 Å². The standard InChI is InChI=1S/C10H10N2O4/c1-6-4-7(2-3-9(13)14)10(11)8(5-6)12(15)16/h2-5H,11H2,1H3,(H,13,14). The summed E-state index contributed by atoms with van der Waals surface area (Å²) in [4.78, 5) is 20.4. The van der Waals surface area contributed by atoms with Crippen molar-refractivity contribution in [1.29, 1.82) is 0 Å². The minimum atomic E-state index is -1.14. The van der Waals surface area contributed by atoms with Crippen LogP contribution in [0.15, 0.2) is 18.2 Å². The van der Waals surface area contributed by atoms with E-state index < -0.39 is 10.9 Å². The van der Waals surface area contributed by atoms with Crippen LogP contribution < -0.4 is 5.73 Å². The number of nitro benzene ring substituents is 1. The van der Waals surface area contributed by atoms with Crippen molar-refractivity contribution in [3.8, 4) is 0 Å². The van der Waals surface area contributed by atoms with Crippen LogP contribution in [-0.2, 0) is 4.79 Å². The van der Waals surface area contributed by atoms with Gasteiger partial charge in [-0.1, -0.05) is 0 Å². The maximum atomic E-state index is 10.6. The van der Waals surface area contributed by atoms with E-state index in [1.807, 2.05) is 0 Å². The van der Waals surface area contributed by atoms with Gasteiger partial charge in [-0.25, -0.2) is 4.79 Å². The molecular formula is C10H10N2O4. The van der Waals surface area contributed by atoms with E-state index in [9.17, 15) is 14.9 Å². The SMILES string of the molecule is Cc1cc(C=CC(=O)O)c(N)c([N+](=O)[O-])c1. The van der Waals surface area contributed by atoms with Crippen LogP contribution in [0.5, 0.6) is 0 Å². The lowest BCUT2D eigenvalue weighted by Gasteiger charge is -2.03. The molecule has 1 aromatic carbocycles. The minimum absolute atomic E-state index is 0.0342. The van der Waals surface area contributed by atoms with E-state index in [0.29, 0.717) is 11.1 Å². The van der Waals surface area contributed by atoms with E-state index in [0.717, 1.165) is 6.08 Å². The number of nitro groups is 1. The first kappa shape index (κ1) is 11.7. The number of nitrogens with two attached hydrogens (primary N) is 1. The highest BCUT2D eigenvalue weighted by Crippen LogP contribution is 2.27. The van der Waals surface area contributed by atoms with Gasteiger partial charge in [0, 0.05) is 17.7 Å². The van der Waals surface area contributed by atoms with Gasteiger partial charge in [0.1, 0.15) is 5.69 Å². The number of benzene rings is 1. The molecule has 0 aromatic heterocycles. The molecule has 0 saturated heterocycles. The van der Waals surface area contributed by atoms with Gasteiger partial charge in [0.15, 0.2) is 0 Å². The van der Waals surface area contributed by atoms with Crippen LogP contribution in [0.25, 0.3) is 6.08 Å². The molecule has 0 aliphatic heterocycles. The maximum Gasteiger partial charge on any atom is 0.328 e. The van der Waals surface area contributed by atoms with Crippen LogP contribution in [0.1, 0.15) is 11.1 Å². The van der Waals surface area contributed by atoms with Crippen LogP contribution in [-0.4, -0.2) is 16.0 Å². The lowest BCUT2D eigenvalue weighted by Crippen LogP contribution is -1.99. The van der Waals surface area contributed by atoms with Crippen molar-refractivity contribution in [3.05, 3.63) is 39.4 Å². The molecule has 0 radical (unpaired) electrons. The van der Waals surface area contributed by atoms with Gasteiger partial charge in [0.05, 0.1) is 4.92 Å². The Hall–Kier alpha value is -2.37. The molecule has 0 atom stereocenters. The minimum Gasteiger partial charge on any atom is -0.478 e. The smallest absolute Gasteiger partial charge is 0.328 e. The molecule has 0 amide bonds. The summed E-state index contributed by atoms with van der Waals surface area (Å²) in [5, 5.41) is 19.1. The number of aryl methyl sites for hydroxylation is 1. The van der Waals surface area contributed by atoms with Gasteiger partial charge in [-0.15, -0.1) is 0 Å². The number of nitrogens with zero attached hydrogens (tertiary/aromatic N) is 1. The van der Waals surface area contributed by atoms with Gasteiger partial charge < -0.3 is 10.8 Å². The van der Waals surface area contributed by atoms with Crippen molar-refractivity contribution < 1.29 is 14.8 Å². The molecule has 0 bridgehead atoms. The number of carboxylic acids is 1. The zero-order valence-corrected chi connectivity index (χ0v) is 8.51. The second-order valence-corrected chi connectivity index (χ2v) is 3.22. The number of anilines is 1. The Morgan fingerprint density at radius 1 is 1.56 bits per heavy atom. The van der Waals surface area contributed by atoms with Gasteiger partial charge in [-0.3, -0.25) is 10.1 Å². The fourth-order valence-corrected chi connectivity index (χ4v) is 1.26. The number of carboxylic acid groups (broad SMARTS) is 1. The predicted molar refractivity (Wildman–Crippen MR) is 58.9 cm³/mol. The molecule has 6 heteroatoms. The highest BCUT2D eigenvalue weighted by Gasteiger charge is 2.14. The fourth-order valence-electron chi connectivity index (χ4n) is 1.26. The van der Waals surface area contributed by atoms with E-state index in [2.05, 4.69) is 0 Å². The number of carbonyl (C=O) groups is 1. The quantitative estimate of drug-likeness (QED) is 0.349. The van der Waals surface area contributed by atoms with Crippen molar-refractivity contribution in [2.24, 2.45) is 0 Å². The Balaban J connectivity index is 3.29. The lowest BCUT2D eigenvalue weighted by molar-refractivity contribution is -0.383. The van der Waals surface area contributed by atoms with Crippen LogP contribution in [0.4, 0.5) is 11.4 Å². The maximum absolute atomic E-state index is 10.6. The summed E-state index contributed by atoms with van der Waals surface area (Å²) < 4.78 is 0. The van der Waals surface area contributed by atoms with Crippen LogP contribution in [0.2, 0.25) is 0 Å². The number of hydrogen-bond acceptors (Lipinski definition) is 4. The van der Waals surface area contributed by atoms with Crippen LogP contribution in [0, 0.1) is 17.0 Å². The first-order valence-corrected chi connectivity index (χ1v) is 4.37. The molecular weight excluding hydrogens is 212 g/mol. The van der Waals surface area contributed by atoms with Gasteiger partial charge >= 0.3 is 5.97 Å². The van der Waals surface area contributed by atoms with Gasteiger partial charge in [-0.2, -0.15) is 0 Å². The largest absolute Gasteiger partial charge is 0.478 e. The first-order valence-electron chi connectivity index (χ1n) is 4.37. The molecule has 0 aliphatic carbocycles. The van der Waals surface area contributed by atoms with Crippen molar-refractivity contribution in [3.63, 3.8) is 0 Å². The molecule has 0 spiro atoms. The second kappa shape index (κ2) is 4.43. The zero-order valence-electron chi connectivity index (χ0n) is 8.51. The predicted octanol–water partition coefficient (Wildman–Crippen LogP) is 1.58. The van der Waals surface area contributed by atoms with Crippen LogP contribution >= 0.6 is 0 Å². The topological polar surface area (TPSA) is 106 Å². The summed E-state index contributed by atoms with van der Waals surface area (Å²) >= 11 is 0. The number of aliphatic carboxylic acids is 1. The second-order valence-electron chi connectivity index (χ2n) is 3.22. The summed E-state index contributed by atoms with van der Waals surface area (Å²) in [5.74, 6) is -1.14. The Labute approximate surface area is 91.2 Å². The Bertz CT molecular complexity index is 480. The summed E-state index contributed by atoms with van der Waals surface area (Å²) in [5.41, 5.74) is 6.27. The number of rotatable bonds is 3. The summed E-state index contributed by atoms with van der Waals surface area (Å²) in [6.45, 7) is 1.67. The molecule has 0 aliphatic rings. The molecule has 0 saturated carbocycles. The van der Waals surface area contributed by atoms with Gasteiger partial charge in [0.25, 0.3) is 5.69 Å². The van der Waals surface area contributed by atoms with E-state index >= 15 is 0 Å². The molecule has 1 rings (SSSR count). The molecule has 84 valence electrons. The third-order valence-corrected chi connectivity index (χ3v) is 1.94. The van der Waals surface area contributed by atoms with E-state index in [1.165, 1.54) is 12.1 Å². The molecule has 3 N–H and O–H groups in total. The third kappa shape index (κ3) is 2.57.